The maximum absolute atomic E-state index is 13.1. The van der Waals surface area contributed by atoms with Crippen molar-refractivity contribution in [3.63, 3.8) is 0 Å². The highest BCUT2D eigenvalue weighted by Crippen LogP contribution is 2.39. The Balaban J connectivity index is 2.03. The second kappa shape index (κ2) is 11.3. The van der Waals surface area contributed by atoms with Crippen LogP contribution < -0.4 is 4.74 Å². The van der Waals surface area contributed by atoms with Crippen molar-refractivity contribution >= 4 is 33.4 Å². The molecule has 0 spiro atoms. The van der Waals surface area contributed by atoms with Gasteiger partial charge in [0.05, 0.1) is 11.6 Å². The molecule has 0 radical (unpaired) electrons. The molecule has 1 fully saturated rings. The first-order valence-electron chi connectivity index (χ1n) is 11.0. The Labute approximate surface area is 203 Å². The normalized spacial score (nSPS) is 17.6. The van der Waals surface area contributed by atoms with Crippen molar-refractivity contribution in [2.45, 2.75) is 19.9 Å². The number of likely N-dealkylation sites (N-methyl/N-ethyl adjacent to an activating group) is 1. The van der Waals surface area contributed by atoms with E-state index >= 15 is 0 Å². The predicted molar refractivity (Wildman–Crippen MR) is 133 cm³/mol. The smallest absolute Gasteiger partial charge is 0.295 e. The van der Waals surface area contributed by atoms with E-state index in [0.29, 0.717) is 31.0 Å². The van der Waals surface area contributed by atoms with Crippen LogP contribution in [0.25, 0.3) is 5.76 Å². The fourth-order valence-corrected chi connectivity index (χ4v) is 4.18. The second-order valence-corrected chi connectivity index (χ2v) is 8.61. The number of benzene rings is 2. The minimum atomic E-state index is -0.674. The Kier molecular flexibility index (Phi) is 8.47. The van der Waals surface area contributed by atoms with Crippen LogP contribution in [0.2, 0.25) is 0 Å². The molecular formula is C26H29BrN2O4. The van der Waals surface area contributed by atoms with Gasteiger partial charge in [-0.25, -0.2) is 0 Å². The number of hydrogen-bond acceptors (Lipinski definition) is 5. The van der Waals surface area contributed by atoms with Crippen molar-refractivity contribution in [2.24, 2.45) is 0 Å². The average Bonchev–Trinajstić information content (AvgIpc) is 3.08. The lowest BCUT2D eigenvalue weighted by molar-refractivity contribution is -0.140. The van der Waals surface area contributed by atoms with Crippen LogP contribution in [-0.4, -0.2) is 59.4 Å². The zero-order chi connectivity index (χ0) is 24.0. The third kappa shape index (κ3) is 5.54. The van der Waals surface area contributed by atoms with E-state index in [-0.39, 0.29) is 11.3 Å². The van der Waals surface area contributed by atoms with Crippen LogP contribution in [-0.2, 0) is 9.59 Å². The van der Waals surface area contributed by atoms with Crippen molar-refractivity contribution < 1.29 is 19.4 Å². The summed E-state index contributed by atoms with van der Waals surface area (Å²) in [5.74, 6) is -0.841. The van der Waals surface area contributed by atoms with Gasteiger partial charge in [-0.1, -0.05) is 54.6 Å². The molecule has 1 amide bonds. The highest BCUT2D eigenvalue weighted by atomic mass is 79.9. The Hall–Kier alpha value is -2.90. The van der Waals surface area contributed by atoms with E-state index in [1.54, 1.807) is 35.2 Å². The fraction of sp³-hybridized carbons (Fsp3) is 0.308. The molecule has 1 unspecified atom stereocenters. The van der Waals surface area contributed by atoms with E-state index in [0.717, 1.165) is 23.1 Å². The number of hydrogen-bond donors (Lipinski definition) is 1. The van der Waals surface area contributed by atoms with Crippen LogP contribution in [0.3, 0.4) is 0 Å². The first-order valence-corrected chi connectivity index (χ1v) is 11.8. The predicted octanol–water partition coefficient (Wildman–Crippen LogP) is 4.78. The van der Waals surface area contributed by atoms with Gasteiger partial charge in [-0.15, -0.1) is 0 Å². The lowest BCUT2D eigenvalue weighted by Gasteiger charge is -2.28. The van der Waals surface area contributed by atoms with Gasteiger partial charge in [0.2, 0.25) is 0 Å². The summed E-state index contributed by atoms with van der Waals surface area (Å²) in [6, 6.07) is 13.6. The summed E-state index contributed by atoms with van der Waals surface area (Å²) in [5, 5.41) is 11.2. The molecule has 1 N–H and O–H groups in total. The maximum Gasteiger partial charge on any atom is 0.295 e. The molecule has 0 saturated carbocycles. The molecule has 2 aromatic rings. The minimum Gasteiger partial charge on any atom is -0.507 e. The summed E-state index contributed by atoms with van der Waals surface area (Å²) in [6.07, 6.45) is 1.64. The van der Waals surface area contributed by atoms with E-state index in [1.807, 2.05) is 24.3 Å². The number of aliphatic hydroxyl groups is 1. The molecule has 0 aromatic heterocycles. The minimum absolute atomic E-state index is 0.0987. The Bertz CT molecular complexity index is 1030. The third-order valence-electron chi connectivity index (χ3n) is 5.77. The number of likely N-dealkylation sites (tertiary alicyclic amines) is 1. The highest BCUT2D eigenvalue weighted by Gasteiger charge is 2.45. The number of carbonyl (C=O) groups excluding carboxylic acids is 2. The molecule has 0 aliphatic carbocycles. The number of nitrogens with zero attached hydrogens (tertiary/aromatic N) is 2. The van der Waals surface area contributed by atoms with Gasteiger partial charge in [-0.2, -0.15) is 0 Å². The highest BCUT2D eigenvalue weighted by molar-refractivity contribution is 9.10. The maximum atomic E-state index is 13.1. The van der Waals surface area contributed by atoms with Crippen molar-refractivity contribution in [1.82, 2.24) is 9.80 Å². The zero-order valence-electron chi connectivity index (χ0n) is 19.0. The molecule has 1 saturated heterocycles. The molecule has 1 aliphatic heterocycles. The fourth-order valence-electron chi connectivity index (χ4n) is 3.91. The summed E-state index contributed by atoms with van der Waals surface area (Å²) in [6.45, 7) is 10.8. The van der Waals surface area contributed by atoms with Crippen LogP contribution >= 0.6 is 15.9 Å². The van der Waals surface area contributed by atoms with Crippen LogP contribution in [0, 0.1) is 0 Å². The number of aliphatic hydroxyl groups excluding tert-OH is 1. The molecule has 7 heteroatoms. The third-order valence-corrected chi connectivity index (χ3v) is 6.30. The topological polar surface area (TPSA) is 70.1 Å². The quantitative estimate of drug-likeness (QED) is 0.214. The number of rotatable bonds is 10. The first-order chi connectivity index (χ1) is 15.9. The van der Waals surface area contributed by atoms with Gasteiger partial charge in [0, 0.05) is 23.1 Å². The molecule has 1 heterocycles. The number of carbonyl (C=O) groups is 2. The van der Waals surface area contributed by atoms with Gasteiger partial charge in [-0.3, -0.25) is 9.59 Å². The molecule has 174 valence electrons. The molecule has 2 aromatic carbocycles. The summed E-state index contributed by atoms with van der Waals surface area (Å²) in [5.41, 5.74) is 1.32. The molecule has 1 aliphatic rings. The lowest BCUT2D eigenvalue weighted by Crippen LogP contribution is -2.38. The monoisotopic (exact) mass is 512 g/mol. The number of ether oxygens (including phenoxy) is 1. The van der Waals surface area contributed by atoms with Gasteiger partial charge >= 0.3 is 0 Å². The molecular weight excluding hydrogens is 484 g/mol. The van der Waals surface area contributed by atoms with Crippen molar-refractivity contribution in [2.75, 3.05) is 32.8 Å². The van der Waals surface area contributed by atoms with Crippen molar-refractivity contribution in [1.29, 1.82) is 0 Å². The number of ketones is 1. The average molecular weight is 513 g/mol. The SMILES string of the molecule is C=CCOc1ccc(/C(O)=C2\C(=O)C(=O)N(CCN(CC)CC)C2c2ccc(Br)cc2)cc1. The second-order valence-electron chi connectivity index (χ2n) is 7.69. The van der Waals surface area contributed by atoms with E-state index in [4.69, 9.17) is 4.74 Å². The molecule has 0 bridgehead atoms. The molecule has 1 atom stereocenters. The molecule has 6 nitrogen and oxygen atoms in total. The van der Waals surface area contributed by atoms with E-state index in [2.05, 4.69) is 41.3 Å². The van der Waals surface area contributed by atoms with Gasteiger partial charge in [0.15, 0.2) is 0 Å². The van der Waals surface area contributed by atoms with Crippen LogP contribution in [0.1, 0.15) is 31.0 Å². The first kappa shape index (κ1) is 24.7. The summed E-state index contributed by atoms with van der Waals surface area (Å²) < 4.78 is 6.38. The van der Waals surface area contributed by atoms with E-state index < -0.39 is 17.7 Å². The van der Waals surface area contributed by atoms with E-state index in [1.165, 1.54) is 0 Å². The van der Waals surface area contributed by atoms with Crippen LogP contribution in [0.5, 0.6) is 5.75 Å². The Morgan fingerprint density at radius 3 is 2.33 bits per heavy atom. The summed E-state index contributed by atoms with van der Waals surface area (Å²) >= 11 is 3.43. The summed E-state index contributed by atoms with van der Waals surface area (Å²) in [7, 11) is 0. The van der Waals surface area contributed by atoms with E-state index in [9.17, 15) is 14.7 Å². The zero-order valence-corrected chi connectivity index (χ0v) is 20.5. The van der Waals surface area contributed by atoms with Crippen LogP contribution in [0.15, 0.2) is 71.2 Å². The summed E-state index contributed by atoms with van der Waals surface area (Å²) in [4.78, 5) is 29.9. The number of amides is 1. The standard InChI is InChI=1S/C26H29BrN2O4/c1-4-17-33-21-13-9-19(10-14-21)24(30)22-23(18-7-11-20(27)12-8-18)29(26(32)25(22)31)16-15-28(5-2)6-3/h4,7-14,23,30H,1,5-6,15-17H2,2-3H3/b24-22+. The van der Waals surface area contributed by atoms with Crippen molar-refractivity contribution in [3.05, 3.63) is 82.4 Å². The van der Waals surface area contributed by atoms with Crippen molar-refractivity contribution in [3.8, 4) is 5.75 Å². The van der Waals surface area contributed by atoms with Gasteiger partial charge in [-0.05, 0) is 55.1 Å². The van der Waals surface area contributed by atoms with Gasteiger partial charge in [0.25, 0.3) is 11.7 Å². The Morgan fingerprint density at radius 1 is 1.12 bits per heavy atom. The largest absolute Gasteiger partial charge is 0.507 e. The van der Waals surface area contributed by atoms with Crippen LogP contribution in [0.4, 0.5) is 0 Å². The number of halogens is 1. The molecule has 33 heavy (non-hydrogen) atoms. The van der Waals surface area contributed by atoms with Gasteiger partial charge < -0.3 is 19.6 Å². The Morgan fingerprint density at radius 2 is 1.76 bits per heavy atom. The lowest BCUT2D eigenvalue weighted by atomic mass is 9.95. The number of Topliss-reactive ketones (excluding diaryl/α,β-unsaturated/α-hetero) is 1. The van der Waals surface area contributed by atoms with Gasteiger partial charge in [0.1, 0.15) is 18.1 Å². The molecule has 3 rings (SSSR count).